The summed E-state index contributed by atoms with van der Waals surface area (Å²) in [5.41, 5.74) is 1.84. The van der Waals surface area contributed by atoms with Crippen molar-refractivity contribution < 1.29 is 19.4 Å². The third-order valence-corrected chi connectivity index (χ3v) is 6.38. The van der Waals surface area contributed by atoms with Crippen LogP contribution in [-0.2, 0) is 9.59 Å². The molecule has 1 aliphatic heterocycles. The Bertz CT molecular complexity index is 1170. The van der Waals surface area contributed by atoms with Gasteiger partial charge in [0.05, 0.1) is 18.2 Å². The Balaban J connectivity index is 1.97. The molecule has 3 aromatic rings. The quantitative estimate of drug-likeness (QED) is 0.338. The van der Waals surface area contributed by atoms with Gasteiger partial charge in [0, 0.05) is 15.6 Å². The van der Waals surface area contributed by atoms with Crippen molar-refractivity contribution in [2.45, 2.75) is 13.0 Å². The summed E-state index contributed by atoms with van der Waals surface area (Å²) in [6, 6.07) is 14.7. The number of aliphatic hydroxyl groups is 1. The highest BCUT2D eigenvalue weighted by molar-refractivity contribution is 7.10. The summed E-state index contributed by atoms with van der Waals surface area (Å²) in [5.74, 6) is -1.30. The highest BCUT2D eigenvalue weighted by atomic mass is 35.5. The van der Waals surface area contributed by atoms with Gasteiger partial charge in [-0.15, -0.1) is 11.3 Å². The lowest BCUT2D eigenvalue weighted by Crippen LogP contribution is -2.29. The summed E-state index contributed by atoms with van der Waals surface area (Å²) in [4.78, 5) is 28.4. The van der Waals surface area contributed by atoms with E-state index in [9.17, 15) is 14.7 Å². The van der Waals surface area contributed by atoms with Gasteiger partial charge in [0.1, 0.15) is 17.6 Å². The van der Waals surface area contributed by atoms with E-state index in [1.807, 2.05) is 18.4 Å². The lowest BCUT2D eigenvalue weighted by atomic mass is 9.98. The number of aliphatic hydroxyl groups excluding tert-OH is 1. The molecule has 1 fully saturated rings. The lowest BCUT2D eigenvalue weighted by Gasteiger charge is -2.25. The summed E-state index contributed by atoms with van der Waals surface area (Å²) in [6.07, 6.45) is 0. The van der Waals surface area contributed by atoms with E-state index in [0.717, 1.165) is 10.4 Å². The Morgan fingerprint density at radius 1 is 1.10 bits per heavy atom. The second-order valence-corrected chi connectivity index (χ2v) is 8.20. The molecule has 30 heavy (non-hydrogen) atoms. The summed E-state index contributed by atoms with van der Waals surface area (Å²) in [7, 11) is 1.49. The van der Waals surface area contributed by atoms with Gasteiger partial charge in [-0.3, -0.25) is 14.5 Å². The number of amides is 1. The van der Waals surface area contributed by atoms with Crippen LogP contribution in [0, 0.1) is 6.92 Å². The number of hydrogen-bond donors (Lipinski definition) is 1. The normalized spacial score (nSPS) is 18.1. The SMILES string of the molecule is COc1ccccc1/C(O)=C1\C(=O)C(=O)N(c2ccc(Cl)cc2)C1c1sccc1C. The molecule has 7 heteroatoms. The number of benzene rings is 2. The summed E-state index contributed by atoms with van der Waals surface area (Å²) in [5, 5.41) is 13.6. The van der Waals surface area contributed by atoms with Gasteiger partial charge in [-0.2, -0.15) is 0 Å². The number of halogens is 1. The number of carbonyl (C=O) groups is 2. The zero-order chi connectivity index (χ0) is 21.4. The monoisotopic (exact) mass is 439 g/mol. The standard InChI is InChI=1S/C23H18ClNO4S/c1-13-11-12-30-22(13)19-18(20(26)16-5-3-4-6-17(16)29-2)21(27)23(28)25(19)15-9-7-14(24)8-10-15/h3-12,19,26H,1-2H3/b20-18+. The van der Waals surface area contributed by atoms with Crippen LogP contribution in [0.15, 0.2) is 65.6 Å². The Morgan fingerprint density at radius 2 is 1.80 bits per heavy atom. The molecular formula is C23H18ClNO4S. The van der Waals surface area contributed by atoms with Gasteiger partial charge in [0.2, 0.25) is 0 Å². The number of methoxy groups -OCH3 is 1. The van der Waals surface area contributed by atoms with Crippen LogP contribution < -0.4 is 9.64 Å². The van der Waals surface area contributed by atoms with Gasteiger partial charge in [0.25, 0.3) is 11.7 Å². The molecule has 4 rings (SSSR count). The molecule has 0 spiro atoms. The van der Waals surface area contributed by atoms with Crippen LogP contribution in [0.3, 0.4) is 0 Å². The molecule has 1 amide bonds. The van der Waals surface area contributed by atoms with E-state index in [4.69, 9.17) is 16.3 Å². The number of ketones is 1. The third-order valence-electron chi connectivity index (χ3n) is 5.06. The van der Waals surface area contributed by atoms with Crippen molar-refractivity contribution in [3.05, 3.63) is 86.6 Å². The molecule has 1 aromatic heterocycles. The molecule has 1 aliphatic rings. The van der Waals surface area contributed by atoms with Crippen molar-refractivity contribution >= 4 is 46.1 Å². The van der Waals surface area contributed by atoms with Crippen LogP contribution in [0.5, 0.6) is 5.75 Å². The van der Waals surface area contributed by atoms with E-state index >= 15 is 0 Å². The first kappa shape index (κ1) is 20.2. The molecule has 0 bridgehead atoms. The zero-order valence-corrected chi connectivity index (χ0v) is 17.8. The van der Waals surface area contributed by atoms with E-state index < -0.39 is 17.7 Å². The highest BCUT2D eigenvalue weighted by Crippen LogP contribution is 2.45. The number of ether oxygens (including phenoxy) is 1. The first-order chi connectivity index (χ1) is 14.4. The molecule has 2 aromatic carbocycles. The maximum Gasteiger partial charge on any atom is 0.300 e. The maximum atomic E-state index is 13.1. The van der Waals surface area contributed by atoms with Crippen molar-refractivity contribution in [3.8, 4) is 5.75 Å². The fourth-order valence-corrected chi connectivity index (χ4v) is 4.75. The van der Waals surface area contributed by atoms with Crippen LogP contribution in [0.4, 0.5) is 5.69 Å². The molecule has 0 aliphatic carbocycles. The average molecular weight is 440 g/mol. The van der Waals surface area contributed by atoms with Crippen molar-refractivity contribution in [2.75, 3.05) is 12.0 Å². The number of para-hydroxylation sites is 1. The molecule has 5 nitrogen and oxygen atoms in total. The molecule has 1 atom stereocenters. The van der Waals surface area contributed by atoms with Gasteiger partial charge < -0.3 is 9.84 Å². The van der Waals surface area contributed by atoms with E-state index in [-0.39, 0.29) is 11.3 Å². The molecular weight excluding hydrogens is 422 g/mol. The number of anilines is 1. The molecule has 152 valence electrons. The number of thiophene rings is 1. The smallest absolute Gasteiger partial charge is 0.300 e. The largest absolute Gasteiger partial charge is 0.507 e. The summed E-state index contributed by atoms with van der Waals surface area (Å²) >= 11 is 7.44. The lowest BCUT2D eigenvalue weighted by molar-refractivity contribution is -0.132. The van der Waals surface area contributed by atoms with Crippen molar-refractivity contribution in [2.24, 2.45) is 0 Å². The number of Topliss-reactive ketones (excluding diaryl/α,β-unsaturated/α-hetero) is 1. The minimum Gasteiger partial charge on any atom is -0.507 e. The number of rotatable bonds is 4. The van der Waals surface area contributed by atoms with Gasteiger partial charge in [-0.1, -0.05) is 23.7 Å². The second kappa shape index (κ2) is 7.97. The van der Waals surface area contributed by atoms with Crippen molar-refractivity contribution in [3.63, 3.8) is 0 Å². The number of nitrogens with zero attached hydrogens (tertiary/aromatic N) is 1. The topological polar surface area (TPSA) is 66.8 Å². The average Bonchev–Trinajstić information content (AvgIpc) is 3.29. The molecule has 1 unspecified atom stereocenters. The first-order valence-corrected chi connectivity index (χ1v) is 10.4. The molecule has 0 saturated carbocycles. The van der Waals surface area contributed by atoms with Crippen LogP contribution in [0.2, 0.25) is 5.02 Å². The number of hydrogen-bond acceptors (Lipinski definition) is 5. The van der Waals surface area contributed by atoms with Crippen molar-refractivity contribution in [1.29, 1.82) is 0 Å². The Morgan fingerprint density at radius 3 is 2.43 bits per heavy atom. The van der Waals surface area contributed by atoms with Gasteiger partial charge >= 0.3 is 0 Å². The fourth-order valence-electron chi connectivity index (χ4n) is 3.60. The maximum absolute atomic E-state index is 13.1. The summed E-state index contributed by atoms with van der Waals surface area (Å²) < 4.78 is 5.35. The molecule has 1 saturated heterocycles. The second-order valence-electron chi connectivity index (χ2n) is 6.81. The van der Waals surface area contributed by atoms with Crippen LogP contribution in [0.1, 0.15) is 22.0 Å². The van der Waals surface area contributed by atoms with Crippen LogP contribution >= 0.6 is 22.9 Å². The molecule has 0 radical (unpaired) electrons. The van der Waals surface area contributed by atoms with E-state index in [1.165, 1.54) is 23.3 Å². The number of carbonyl (C=O) groups excluding carboxylic acids is 2. The predicted octanol–water partition coefficient (Wildman–Crippen LogP) is 5.34. The predicted molar refractivity (Wildman–Crippen MR) is 118 cm³/mol. The van der Waals surface area contributed by atoms with Crippen LogP contribution in [0.25, 0.3) is 5.76 Å². The van der Waals surface area contributed by atoms with Gasteiger partial charge in [-0.05, 0) is 60.3 Å². The fraction of sp³-hybridized carbons (Fsp3) is 0.130. The zero-order valence-electron chi connectivity index (χ0n) is 16.3. The number of aryl methyl sites for hydroxylation is 1. The minimum absolute atomic E-state index is 0.0324. The molecule has 1 N–H and O–H groups in total. The van der Waals surface area contributed by atoms with Crippen molar-refractivity contribution in [1.82, 2.24) is 0 Å². The Kier molecular flexibility index (Phi) is 5.37. The first-order valence-electron chi connectivity index (χ1n) is 9.18. The van der Waals surface area contributed by atoms with E-state index in [2.05, 4.69) is 0 Å². The van der Waals surface area contributed by atoms with Gasteiger partial charge in [0.15, 0.2) is 0 Å². The highest BCUT2D eigenvalue weighted by Gasteiger charge is 2.48. The Labute approximate surface area is 182 Å². The van der Waals surface area contributed by atoms with E-state index in [1.54, 1.807) is 48.5 Å². The minimum atomic E-state index is -0.754. The Hall–Kier alpha value is -3.09. The third kappa shape index (κ3) is 3.28. The van der Waals surface area contributed by atoms with Crippen LogP contribution in [-0.4, -0.2) is 23.9 Å². The molecule has 2 heterocycles. The van der Waals surface area contributed by atoms with E-state index in [0.29, 0.717) is 22.0 Å². The summed E-state index contributed by atoms with van der Waals surface area (Å²) in [6.45, 7) is 1.91. The van der Waals surface area contributed by atoms with Gasteiger partial charge in [-0.25, -0.2) is 0 Å².